The van der Waals surface area contributed by atoms with Crippen molar-refractivity contribution in [2.45, 2.75) is 81.7 Å². The summed E-state index contributed by atoms with van der Waals surface area (Å²) in [4.78, 5) is 26.2. The van der Waals surface area contributed by atoms with Crippen LogP contribution in [0.15, 0.2) is 47.4 Å². The van der Waals surface area contributed by atoms with E-state index in [9.17, 15) is 23.3 Å². The van der Waals surface area contributed by atoms with Gasteiger partial charge in [-0.25, -0.2) is 13.1 Å². The number of aliphatic carboxylic acids is 1. The lowest BCUT2D eigenvalue weighted by atomic mass is 9.85. The van der Waals surface area contributed by atoms with Gasteiger partial charge < -0.3 is 14.6 Å². The maximum absolute atomic E-state index is 13.4. The van der Waals surface area contributed by atoms with Gasteiger partial charge in [0.15, 0.2) is 0 Å². The summed E-state index contributed by atoms with van der Waals surface area (Å²) in [5.41, 5.74) is 3.43. The molecule has 1 aliphatic heterocycles. The molecule has 2 N–H and O–H groups in total. The molecule has 0 bridgehead atoms. The number of carboxylic acid groups (broad SMARTS) is 1. The summed E-state index contributed by atoms with van der Waals surface area (Å²) in [7, 11) is -2.01. The second kappa shape index (κ2) is 12.3. The smallest absolute Gasteiger partial charge is 0.303 e. The maximum Gasteiger partial charge on any atom is 0.303 e. The first kappa shape index (κ1) is 29.8. The van der Waals surface area contributed by atoms with E-state index in [0.29, 0.717) is 54.3 Å². The van der Waals surface area contributed by atoms with E-state index in [1.165, 1.54) is 6.07 Å². The summed E-state index contributed by atoms with van der Waals surface area (Å²) in [5, 5.41) is 19.6. The molecule has 1 amide bonds. The first-order valence-electron chi connectivity index (χ1n) is 14.8. The number of aromatic nitrogens is 1. The molecule has 1 saturated heterocycles. The van der Waals surface area contributed by atoms with Crippen molar-refractivity contribution in [1.29, 1.82) is 5.26 Å². The van der Waals surface area contributed by atoms with Crippen molar-refractivity contribution in [3.05, 3.63) is 53.6 Å². The number of carbonyl (C=O) groups is 2. The fourth-order valence-electron chi connectivity index (χ4n) is 6.52. The minimum atomic E-state index is -3.82. The number of nitrogens with one attached hydrogen (secondary N) is 1. The number of carboxylic acids is 1. The van der Waals surface area contributed by atoms with Crippen LogP contribution >= 0.6 is 0 Å². The average Bonchev–Trinajstić information content (AvgIpc) is 3.27. The molecule has 3 aromatic rings. The number of hydrogen-bond acceptors (Lipinski definition) is 5. The SMILES string of the molecule is C[C@H]1CCCCN1C(=O)[C@H]1CC[C@H](NS(=O)(=O)c2ccc3c(C#N)c(-c4ccc(CCC(=O)O)cc4)n(C)c3c2)CC1. The van der Waals surface area contributed by atoms with Crippen molar-refractivity contribution in [2.75, 3.05) is 6.54 Å². The Morgan fingerprint density at radius 1 is 1.05 bits per heavy atom. The second-order valence-electron chi connectivity index (χ2n) is 11.7. The molecular formula is C32H38N4O5S. The van der Waals surface area contributed by atoms with Crippen LogP contribution < -0.4 is 4.72 Å². The van der Waals surface area contributed by atoms with Crippen molar-refractivity contribution < 1.29 is 23.1 Å². The first-order valence-corrected chi connectivity index (χ1v) is 16.2. The number of hydrogen-bond donors (Lipinski definition) is 2. The van der Waals surface area contributed by atoms with E-state index in [0.717, 1.165) is 36.9 Å². The monoisotopic (exact) mass is 590 g/mol. The molecule has 0 unspecified atom stereocenters. The highest BCUT2D eigenvalue weighted by molar-refractivity contribution is 7.89. The highest BCUT2D eigenvalue weighted by atomic mass is 32.2. The number of amides is 1. The van der Waals surface area contributed by atoms with Crippen LogP contribution in [0.2, 0.25) is 0 Å². The minimum Gasteiger partial charge on any atom is -0.481 e. The van der Waals surface area contributed by atoms with Gasteiger partial charge in [0.2, 0.25) is 15.9 Å². The second-order valence-corrected chi connectivity index (χ2v) is 13.4. The topological polar surface area (TPSA) is 132 Å². The summed E-state index contributed by atoms with van der Waals surface area (Å²) >= 11 is 0. The third-order valence-corrected chi connectivity index (χ3v) is 10.5. The Morgan fingerprint density at radius 2 is 1.76 bits per heavy atom. The molecule has 222 valence electrons. The van der Waals surface area contributed by atoms with E-state index in [2.05, 4.69) is 17.7 Å². The highest BCUT2D eigenvalue weighted by Crippen LogP contribution is 2.35. The van der Waals surface area contributed by atoms with Gasteiger partial charge >= 0.3 is 5.97 Å². The fraction of sp³-hybridized carbons (Fsp3) is 0.469. The van der Waals surface area contributed by atoms with Crippen LogP contribution in [0.5, 0.6) is 0 Å². The van der Waals surface area contributed by atoms with Crippen LogP contribution in [-0.4, -0.2) is 53.5 Å². The molecule has 9 nitrogen and oxygen atoms in total. The van der Waals surface area contributed by atoms with Crippen LogP contribution in [0.4, 0.5) is 0 Å². The Morgan fingerprint density at radius 3 is 2.40 bits per heavy atom. The van der Waals surface area contributed by atoms with Crippen LogP contribution in [0.3, 0.4) is 0 Å². The molecule has 5 rings (SSSR count). The number of sulfonamides is 1. The van der Waals surface area contributed by atoms with E-state index in [4.69, 9.17) is 5.11 Å². The van der Waals surface area contributed by atoms with E-state index in [1.54, 1.807) is 12.1 Å². The Kier molecular flexibility index (Phi) is 8.71. The molecule has 0 spiro atoms. The lowest BCUT2D eigenvalue weighted by Gasteiger charge is -2.38. The Labute approximate surface area is 247 Å². The van der Waals surface area contributed by atoms with Crippen LogP contribution in [-0.2, 0) is 33.1 Å². The Balaban J connectivity index is 1.31. The molecule has 2 heterocycles. The van der Waals surface area contributed by atoms with Crippen molar-refractivity contribution >= 4 is 32.8 Å². The average molecular weight is 591 g/mol. The maximum atomic E-state index is 13.4. The van der Waals surface area contributed by atoms with Gasteiger partial charge in [-0.1, -0.05) is 30.3 Å². The number of aryl methyl sites for hydroxylation is 2. The van der Waals surface area contributed by atoms with Gasteiger partial charge in [-0.15, -0.1) is 0 Å². The molecular weight excluding hydrogens is 552 g/mol. The largest absolute Gasteiger partial charge is 0.481 e. The van der Waals surface area contributed by atoms with Gasteiger partial charge in [0.1, 0.15) is 6.07 Å². The number of piperidine rings is 1. The number of nitriles is 1. The number of carbonyl (C=O) groups excluding carboxylic acids is 1. The number of nitrogens with zero attached hydrogens (tertiary/aromatic N) is 3. The van der Waals surface area contributed by atoms with E-state index in [1.807, 2.05) is 40.8 Å². The van der Waals surface area contributed by atoms with Crippen molar-refractivity contribution in [2.24, 2.45) is 13.0 Å². The van der Waals surface area contributed by atoms with Crippen molar-refractivity contribution in [1.82, 2.24) is 14.2 Å². The van der Waals surface area contributed by atoms with Gasteiger partial charge in [-0.05, 0) is 81.5 Å². The minimum absolute atomic E-state index is 0.0412. The molecule has 1 aromatic heterocycles. The summed E-state index contributed by atoms with van der Waals surface area (Å²) in [5.74, 6) is -0.679. The molecule has 2 fully saturated rings. The fourth-order valence-corrected chi connectivity index (χ4v) is 7.85. The summed E-state index contributed by atoms with van der Waals surface area (Å²) < 4.78 is 31.6. The Hall–Kier alpha value is -3.68. The molecule has 0 radical (unpaired) electrons. The molecule has 2 aliphatic rings. The highest BCUT2D eigenvalue weighted by Gasteiger charge is 2.34. The number of likely N-dealkylation sites (tertiary alicyclic amines) is 1. The summed E-state index contributed by atoms with van der Waals surface area (Å²) in [6.07, 6.45) is 6.31. The first-order chi connectivity index (χ1) is 20.1. The molecule has 1 aliphatic carbocycles. The van der Waals surface area contributed by atoms with Gasteiger partial charge in [0.25, 0.3) is 0 Å². The predicted octanol–water partition coefficient (Wildman–Crippen LogP) is 4.97. The number of fused-ring (bicyclic) bond motifs is 1. The third kappa shape index (κ3) is 6.08. The van der Waals surface area contributed by atoms with E-state index in [-0.39, 0.29) is 35.2 Å². The van der Waals surface area contributed by atoms with E-state index >= 15 is 0 Å². The summed E-state index contributed by atoms with van der Waals surface area (Å²) in [6.45, 7) is 2.94. The lowest BCUT2D eigenvalue weighted by molar-refractivity contribution is -0.140. The molecule has 1 atom stereocenters. The molecule has 42 heavy (non-hydrogen) atoms. The Bertz CT molecular complexity index is 1630. The summed E-state index contributed by atoms with van der Waals surface area (Å²) in [6, 6.07) is 14.6. The van der Waals surface area contributed by atoms with Gasteiger partial charge in [0, 0.05) is 43.4 Å². The predicted molar refractivity (Wildman–Crippen MR) is 160 cm³/mol. The standard InChI is InChI=1S/C32H38N4O5S/c1-21-5-3-4-18-36(21)32(39)24-11-13-25(14-12-24)34-42(40,41)26-15-16-27-28(20-33)31(35(2)29(27)19-26)23-9-6-22(7-10-23)8-17-30(37)38/h6-7,9-10,15-16,19,21,24-25,34H,3-5,8,11-14,17-18H2,1-2H3,(H,37,38)/t21-,24-,25-/m0/s1. The number of benzene rings is 2. The zero-order valence-corrected chi connectivity index (χ0v) is 25.0. The van der Waals surface area contributed by atoms with E-state index < -0.39 is 16.0 Å². The van der Waals surface area contributed by atoms with Crippen LogP contribution in [0.1, 0.15) is 69.4 Å². The molecule has 2 aromatic carbocycles. The zero-order valence-electron chi connectivity index (χ0n) is 24.2. The van der Waals surface area contributed by atoms with Crippen molar-refractivity contribution in [3.63, 3.8) is 0 Å². The van der Waals surface area contributed by atoms with Crippen molar-refractivity contribution in [3.8, 4) is 17.3 Å². The van der Waals surface area contributed by atoms with Gasteiger partial charge in [-0.2, -0.15) is 5.26 Å². The third-order valence-electron chi connectivity index (χ3n) is 8.93. The zero-order chi connectivity index (χ0) is 30.0. The van der Waals surface area contributed by atoms with Crippen LogP contribution in [0.25, 0.3) is 22.2 Å². The van der Waals surface area contributed by atoms with Crippen LogP contribution in [0, 0.1) is 17.2 Å². The molecule has 10 heteroatoms. The normalized spacial score (nSPS) is 21.3. The quantitative estimate of drug-likeness (QED) is 0.381. The van der Waals surface area contributed by atoms with Gasteiger partial charge in [0.05, 0.1) is 21.7 Å². The van der Waals surface area contributed by atoms with Gasteiger partial charge in [-0.3, -0.25) is 9.59 Å². The number of rotatable bonds is 8. The molecule has 1 saturated carbocycles. The lowest BCUT2D eigenvalue weighted by Crippen LogP contribution is -2.47.